The van der Waals surface area contributed by atoms with Gasteiger partial charge in [0.1, 0.15) is 30.5 Å². The molecule has 0 aliphatic rings. The summed E-state index contributed by atoms with van der Waals surface area (Å²) in [6.45, 7) is 2.76. The minimum atomic E-state index is 0.349. The van der Waals surface area contributed by atoms with Gasteiger partial charge < -0.3 is 14.2 Å². The van der Waals surface area contributed by atoms with Gasteiger partial charge in [0.25, 0.3) is 0 Å². The molecule has 0 unspecified atom stereocenters. The van der Waals surface area contributed by atoms with E-state index in [1.165, 1.54) is 0 Å². The van der Waals surface area contributed by atoms with Crippen molar-refractivity contribution in [3.05, 3.63) is 53.6 Å². The zero-order valence-corrected chi connectivity index (χ0v) is 12.2. The fraction of sp³-hybridized carbons (Fsp3) is 0.235. The molecule has 0 radical (unpaired) electrons. The molecular weight excluding hydrogens is 268 g/mol. The molecule has 0 atom stereocenters. The number of ether oxygens (including phenoxy) is 3. The zero-order valence-electron chi connectivity index (χ0n) is 12.2. The van der Waals surface area contributed by atoms with Crippen molar-refractivity contribution in [3.63, 3.8) is 0 Å². The normalized spacial score (nSPS) is 10.0. The summed E-state index contributed by atoms with van der Waals surface area (Å²) in [6, 6.07) is 12.9. The molecule has 4 heteroatoms. The lowest BCUT2D eigenvalue weighted by atomic mass is 10.2. The van der Waals surface area contributed by atoms with E-state index in [1.54, 1.807) is 25.3 Å². The maximum Gasteiger partial charge on any atom is 0.153 e. The Labute approximate surface area is 124 Å². The van der Waals surface area contributed by atoms with Crippen molar-refractivity contribution < 1.29 is 19.0 Å². The number of aryl methyl sites for hydroxylation is 1. The first-order valence-corrected chi connectivity index (χ1v) is 6.68. The quantitative estimate of drug-likeness (QED) is 0.579. The second-order valence-corrected chi connectivity index (χ2v) is 4.54. The van der Waals surface area contributed by atoms with Crippen LogP contribution in [0.3, 0.4) is 0 Å². The number of rotatable bonds is 7. The predicted octanol–water partition coefficient (Wildman–Crippen LogP) is 3.27. The molecule has 0 aliphatic heterocycles. The highest BCUT2D eigenvalue weighted by Crippen LogP contribution is 2.23. The topological polar surface area (TPSA) is 44.8 Å². The maximum atomic E-state index is 11.0. The van der Waals surface area contributed by atoms with Gasteiger partial charge in [0.05, 0.1) is 12.7 Å². The van der Waals surface area contributed by atoms with Gasteiger partial charge >= 0.3 is 0 Å². The number of methoxy groups -OCH3 is 1. The average Bonchev–Trinajstić information content (AvgIpc) is 2.51. The first-order valence-electron chi connectivity index (χ1n) is 6.68. The fourth-order valence-corrected chi connectivity index (χ4v) is 1.88. The molecule has 0 heterocycles. The van der Waals surface area contributed by atoms with E-state index in [0.29, 0.717) is 30.3 Å². The van der Waals surface area contributed by atoms with Crippen molar-refractivity contribution in [1.82, 2.24) is 0 Å². The highest BCUT2D eigenvalue weighted by molar-refractivity contribution is 5.79. The van der Waals surface area contributed by atoms with Crippen LogP contribution in [-0.4, -0.2) is 26.6 Å². The minimum absolute atomic E-state index is 0.349. The highest BCUT2D eigenvalue weighted by Gasteiger charge is 2.05. The number of hydrogen-bond acceptors (Lipinski definition) is 4. The highest BCUT2D eigenvalue weighted by atomic mass is 16.5. The molecule has 0 bridgehead atoms. The summed E-state index contributed by atoms with van der Waals surface area (Å²) in [4.78, 5) is 11.0. The summed E-state index contributed by atoms with van der Waals surface area (Å²) in [5.41, 5.74) is 1.64. The molecule has 0 spiro atoms. The Kier molecular flexibility index (Phi) is 5.21. The molecule has 0 saturated heterocycles. The van der Waals surface area contributed by atoms with Gasteiger partial charge in [-0.05, 0) is 36.8 Å². The number of aldehydes is 1. The van der Waals surface area contributed by atoms with E-state index < -0.39 is 0 Å². The number of benzene rings is 2. The van der Waals surface area contributed by atoms with Gasteiger partial charge in [-0.15, -0.1) is 0 Å². The van der Waals surface area contributed by atoms with Gasteiger partial charge in [0.2, 0.25) is 0 Å². The summed E-state index contributed by atoms with van der Waals surface area (Å²) < 4.78 is 16.3. The van der Waals surface area contributed by atoms with Crippen LogP contribution in [0, 0.1) is 6.92 Å². The third-order valence-electron chi connectivity index (χ3n) is 2.95. The summed E-state index contributed by atoms with van der Waals surface area (Å²) in [6.07, 6.45) is 0.760. The molecule has 0 N–H and O–H groups in total. The van der Waals surface area contributed by atoms with E-state index >= 15 is 0 Å². The monoisotopic (exact) mass is 286 g/mol. The molecule has 4 nitrogen and oxygen atoms in total. The van der Waals surface area contributed by atoms with Crippen LogP contribution in [0.4, 0.5) is 0 Å². The smallest absolute Gasteiger partial charge is 0.153 e. The third-order valence-corrected chi connectivity index (χ3v) is 2.95. The molecule has 21 heavy (non-hydrogen) atoms. The largest absolute Gasteiger partial charge is 0.497 e. The Morgan fingerprint density at radius 3 is 2.52 bits per heavy atom. The van der Waals surface area contributed by atoms with Gasteiger partial charge in [-0.3, -0.25) is 4.79 Å². The Hall–Kier alpha value is -2.49. The first kappa shape index (κ1) is 14.9. The van der Waals surface area contributed by atoms with Crippen molar-refractivity contribution in [1.29, 1.82) is 0 Å². The molecule has 0 fully saturated rings. The Morgan fingerprint density at radius 2 is 1.81 bits per heavy atom. The second kappa shape index (κ2) is 7.33. The van der Waals surface area contributed by atoms with Crippen LogP contribution in [0.15, 0.2) is 42.5 Å². The molecule has 2 aromatic rings. The standard InChI is InChI=1S/C17H18O4/c1-13-4-3-5-16(10-13)20-8-9-21-17-11-15(19-2)7-6-14(17)12-18/h3-7,10-12H,8-9H2,1-2H3. The minimum Gasteiger partial charge on any atom is -0.497 e. The van der Waals surface area contributed by atoms with Crippen molar-refractivity contribution in [3.8, 4) is 17.2 Å². The third kappa shape index (κ3) is 4.24. The van der Waals surface area contributed by atoms with Gasteiger partial charge in [0, 0.05) is 6.07 Å². The van der Waals surface area contributed by atoms with E-state index in [4.69, 9.17) is 14.2 Å². The first-order chi connectivity index (χ1) is 10.2. The molecule has 0 aromatic heterocycles. The van der Waals surface area contributed by atoms with Crippen molar-refractivity contribution in [2.24, 2.45) is 0 Å². The van der Waals surface area contributed by atoms with Crippen LogP contribution < -0.4 is 14.2 Å². The van der Waals surface area contributed by atoms with Gasteiger partial charge in [-0.25, -0.2) is 0 Å². The lowest BCUT2D eigenvalue weighted by Crippen LogP contribution is -2.10. The summed E-state index contributed by atoms with van der Waals surface area (Å²) >= 11 is 0. The number of hydrogen-bond donors (Lipinski definition) is 0. The number of carbonyl (C=O) groups is 1. The summed E-state index contributed by atoms with van der Waals surface area (Å²) in [7, 11) is 1.57. The van der Waals surface area contributed by atoms with Crippen LogP contribution >= 0.6 is 0 Å². The maximum absolute atomic E-state index is 11.0. The summed E-state index contributed by atoms with van der Waals surface area (Å²) in [5.74, 6) is 1.95. The lowest BCUT2D eigenvalue weighted by Gasteiger charge is -2.11. The fourth-order valence-electron chi connectivity index (χ4n) is 1.88. The lowest BCUT2D eigenvalue weighted by molar-refractivity contribution is 0.111. The van der Waals surface area contributed by atoms with E-state index in [9.17, 15) is 4.79 Å². The molecule has 2 aromatic carbocycles. The van der Waals surface area contributed by atoms with Crippen molar-refractivity contribution in [2.45, 2.75) is 6.92 Å². The SMILES string of the molecule is COc1ccc(C=O)c(OCCOc2cccc(C)c2)c1. The molecular formula is C17H18O4. The zero-order chi connectivity index (χ0) is 15.1. The van der Waals surface area contributed by atoms with E-state index in [2.05, 4.69) is 0 Å². The Morgan fingerprint density at radius 1 is 1.00 bits per heavy atom. The average molecular weight is 286 g/mol. The van der Waals surface area contributed by atoms with Gasteiger partial charge in [-0.2, -0.15) is 0 Å². The van der Waals surface area contributed by atoms with Crippen LogP contribution in [0.25, 0.3) is 0 Å². The molecule has 110 valence electrons. The number of carbonyl (C=O) groups excluding carboxylic acids is 1. The van der Waals surface area contributed by atoms with E-state index in [-0.39, 0.29) is 0 Å². The van der Waals surface area contributed by atoms with Gasteiger partial charge in [0.15, 0.2) is 6.29 Å². The summed E-state index contributed by atoms with van der Waals surface area (Å²) in [5, 5.41) is 0. The molecule has 2 rings (SSSR count). The molecule has 0 saturated carbocycles. The van der Waals surface area contributed by atoms with Crippen LogP contribution in [0.5, 0.6) is 17.2 Å². The molecule has 0 amide bonds. The molecule has 0 aliphatic carbocycles. The van der Waals surface area contributed by atoms with Crippen molar-refractivity contribution >= 4 is 6.29 Å². The van der Waals surface area contributed by atoms with Crippen LogP contribution in [0.1, 0.15) is 15.9 Å². The Balaban J connectivity index is 1.89. The van der Waals surface area contributed by atoms with Crippen molar-refractivity contribution in [2.75, 3.05) is 20.3 Å². The van der Waals surface area contributed by atoms with Crippen LogP contribution in [-0.2, 0) is 0 Å². The second-order valence-electron chi connectivity index (χ2n) is 4.54. The van der Waals surface area contributed by atoms with E-state index in [1.807, 2.05) is 31.2 Å². The Bertz CT molecular complexity index is 607. The van der Waals surface area contributed by atoms with Crippen LogP contribution in [0.2, 0.25) is 0 Å². The van der Waals surface area contributed by atoms with E-state index in [0.717, 1.165) is 17.6 Å². The predicted molar refractivity (Wildman–Crippen MR) is 80.6 cm³/mol. The van der Waals surface area contributed by atoms with Gasteiger partial charge in [-0.1, -0.05) is 12.1 Å².